The molecule has 1 aliphatic heterocycles. The van der Waals surface area contributed by atoms with Crippen LogP contribution in [-0.4, -0.2) is 36.5 Å². The van der Waals surface area contributed by atoms with Gasteiger partial charge in [-0.2, -0.15) is 4.31 Å². The molecule has 3 aromatic rings. The second kappa shape index (κ2) is 6.83. The molecule has 140 valence electrons. The fourth-order valence-electron chi connectivity index (χ4n) is 3.67. The summed E-state index contributed by atoms with van der Waals surface area (Å²) in [6.45, 7) is 0.460. The van der Waals surface area contributed by atoms with Gasteiger partial charge in [0.15, 0.2) is 0 Å². The summed E-state index contributed by atoms with van der Waals surface area (Å²) in [5.74, 6) is 0.708. The lowest BCUT2D eigenvalue weighted by Gasteiger charge is -2.25. The third-order valence-electron chi connectivity index (χ3n) is 5.00. The number of pyridine rings is 1. The second-order valence-corrected chi connectivity index (χ2v) is 8.39. The van der Waals surface area contributed by atoms with Crippen molar-refractivity contribution in [2.24, 2.45) is 0 Å². The van der Waals surface area contributed by atoms with Crippen LogP contribution in [0.4, 0.5) is 0 Å². The summed E-state index contributed by atoms with van der Waals surface area (Å²) in [5.41, 5.74) is 1.23. The molecule has 1 fully saturated rings. The Morgan fingerprint density at radius 3 is 2.67 bits per heavy atom. The Labute approximate surface area is 158 Å². The fourth-order valence-corrected chi connectivity index (χ4v) is 5.54. The zero-order valence-corrected chi connectivity index (χ0v) is 15.7. The zero-order valence-electron chi connectivity index (χ0n) is 14.9. The Morgan fingerprint density at radius 1 is 1.15 bits per heavy atom. The monoisotopic (exact) mass is 384 g/mol. The van der Waals surface area contributed by atoms with Crippen molar-refractivity contribution in [3.8, 4) is 11.5 Å². The normalized spacial score (nSPS) is 18.0. The van der Waals surface area contributed by atoms with E-state index in [1.807, 2.05) is 24.3 Å². The number of rotatable bonds is 4. The van der Waals surface area contributed by atoms with Gasteiger partial charge < -0.3 is 9.84 Å². The first-order valence-electron chi connectivity index (χ1n) is 8.75. The molecule has 4 rings (SSSR count). The van der Waals surface area contributed by atoms with E-state index >= 15 is 0 Å². The van der Waals surface area contributed by atoms with Crippen LogP contribution in [-0.2, 0) is 10.0 Å². The van der Waals surface area contributed by atoms with Crippen LogP contribution in [0.1, 0.15) is 24.4 Å². The van der Waals surface area contributed by atoms with E-state index in [0.29, 0.717) is 17.4 Å². The molecule has 0 bridgehead atoms. The van der Waals surface area contributed by atoms with Crippen LogP contribution in [0.3, 0.4) is 0 Å². The Hall–Kier alpha value is -2.64. The quantitative estimate of drug-likeness (QED) is 0.745. The Bertz CT molecular complexity index is 1080. The summed E-state index contributed by atoms with van der Waals surface area (Å²) >= 11 is 0. The van der Waals surface area contributed by atoms with Crippen molar-refractivity contribution < 1.29 is 18.3 Å². The highest BCUT2D eigenvalue weighted by atomic mass is 32.2. The fraction of sp³-hybridized carbons (Fsp3) is 0.250. The van der Waals surface area contributed by atoms with Gasteiger partial charge in [-0.3, -0.25) is 4.98 Å². The molecule has 0 radical (unpaired) electrons. The molecule has 0 amide bonds. The number of nitrogens with zero attached hydrogens (tertiary/aromatic N) is 2. The summed E-state index contributed by atoms with van der Waals surface area (Å²) in [4.78, 5) is 4.30. The Kier molecular flexibility index (Phi) is 4.49. The van der Waals surface area contributed by atoms with E-state index in [-0.39, 0.29) is 16.7 Å². The number of benzene rings is 2. The van der Waals surface area contributed by atoms with Gasteiger partial charge in [0.25, 0.3) is 0 Å². The molecule has 1 aliphatic rings. The van der Waals surface area contributed by atoms with E-state index in [4.69, 9.17) is 4.74 Å². The van der Waals surface area contributed by atoms with Gasteiger partial charge in [-0.25, -0.2) is 8.42 Å². The predicted octanol–water partition coefficient (Wildman–Crippen LogP) is 3.47. The van der Waals surface area contributed by atoms with Gasteiger partial charge >= 0.3 is 0 Å². The van der Waals surface area contributed by atoms with Gasteiger partial charge in [0.2, 0.25) is 10.0 Å². The van der Waals surface area contributed by atoms with Crippen LogP contribution in [0, 0.1) is 0 Å². The lowest BCUT2D eigenvalue weighted by Crippen LogP contribution is -2.30. The van der Waals surface area contributed by atoms with Gasteiger partial charge in [0.05, 0.1) is 18.0 Å². The highest BCUT2D eigenvalue weighted by Gasteiger charge is 2.37. The van der Waals surface area contributed by atoms with Crippen molar-refractivity contribution >= 4 is 20.9 Å². The highest BCUT2D eigenvalue weighted by Crippen LogP contribution is 2.39. The maximum atomic E-state index is 13.5. The number of hydrogen-bond donors (Lipinski definition) is 1. The standard InChI is InChI=1S/C20H20N2O4S/c1-26-15-8-6-14(7-9-15)17-5-3-13-22(17)27(24,25)19-11-10-18(23)20-16(19)4-2-12-21-20/h2,4,6-12,17,23H,3,5,13H2,1H3. The Balaban J connectivity index is 1.78. The number of hydrogen-bond acceptors (Lipinski definition) is 5. The van der Waals surface area contributed by atoms with E-state index in [1.54, 1.807) is 23.5 Å². The van der Waals surface area contributed by atoms with Gasteiger partial charge in [-0.1, -0.05) is 12.1 Å². The minimum absolute atomic E-state index is 0.0299. The first-order valence-corrected chi connectivity index (χ1v) is 10.2. The lowest BCUT2D eigenvalue weighted by atomic mass is 10.1. The maximum Gasteiger partial charge on any atom is 0.244 e. The van der Waals surface area contributed by atoms with Crippen molar-refractivity contribution in [3.05, 3.63) is 60.3 Å². The van der Waals surface area contributed by atoms with E-state index in [9.17, 15) is 13.5 Å². The second-order valence-electron chi connectivity index (χ2n) is 6.53. The van der Waals surface area contributed by atoms with Crippen molar-refractivity contribution in [1.29, 1.82) is 0 Å². The molecule has 1 aromatic heterocycles. The molecule has 1 N–H and O–H groups in total. The number of sulfonamides is 1. The molecule has 0 aliphatic carbocycles. The molecular formula is C20H20N2O4S. The third kappa shape index (κ3) is 3.02. The largest absolute Gasteiger partial charge is 0.506 e. The highest BCUT2D eigenvalue weighted by molar-refractivity contribution is 7.89. The topological polar surface area (TPSA) is 79.7 Å². The smallest absolute Gasteiger partial charge is 0.244 e. The third-order valence-corrected chi connectivity index (χ3v) is 6.97. The van der Waals surface area contributed by atoms with Crippen molar-refractivity contribution in [2.45, 2.75) is 23.8 Å². The minimum atomic E-state index is -3.74. The molecule has 1 atom stereocenters. The van der Waals surface area contributed by atoms with Crippen LogP contribution >= 0.6 is 0 Å². The van der Waals surface area contributed by atoms with Gasteiger partial charge in [-0.15, -0.1) is 0 Å². The first kappa shape index (κ1) is 17.8. The zero-order chi connectivity index (χ0) is 19.0. The van der Waals surface area contributed by atoms with Crippen LogP contribution in [0.25, 0.3) is 10.9 Å². The summed E-state index contributed by atoms with van der Waals surface area (Å²) in [5, 5.41) is 10.5. The SMILES string of the molecule is COc1ccc(C2CCCN2S(=O)(=O)c2ccc(O)c3ncccc23)cc1. The molecule has 0 saturated carbocycles. The van der Waals surface area contributed by atoms with Crippen molar-refractivity contribution in [3.63, 3.8) is 0 Å². The summed E-state index contributed by atoms with van der Waals surface area (Å²) in [7, 11) is -2.14. The number of aromatic hydroxyl groups is 1. The number of aromatic nitrogens is 1. The predicted molar refractivity (Wildman–Crippen MR) is 102 cm³/mol. The molecule has 6 nitrogen and oxygen atoms in total. The first-order chi connectivity index (χ1) is 13.0. The van der Waals surface area contributed by atoms with Gasteiger partial charge in [0, 0.05) is 18.1 Å². The summed E-state index contributed by atoms with van der Waals surface area (Å²) in [6, 6.07) is 13.5. The number of ether oxygens (including phenoxy) is 1. The molecule has 1 unspecified atom stereocenters. The molecule has 2 aromatic carbocycles. The van der Waals surface area contributed by atoms with Crippen molar-refractivity contribution in [2.75, 3.05) is 13.7 Å². The van der Waals surface area contributed by atoms with Crippen molar-refractivity contribution in [1.82, 2.24) is 9.29 Å². The maximum absolute atomic E-state index is 13.5. The molecule has 27 heavy (non-hydrogen) atoms. The van der Waals surface area contributed by atoms with Crippen LogP contribution < -0.4 is 4.74 Å². The average Bonchev–Trinajstić information content (AvgIpc) is 3.19. The molecule has 2 heterocycles. The average molecular weight is 384 g/mol. The van der Waals surface area contributed by atoms with E-state index < -0.39 is 10.0 Å². The molecule has 1 saturated heterocycles. The van der Waals surface area contributed by atoms with Crippen LogP contribution in [0.2, 0.25) is 0 Å². The van der Waals surface area contributed by atoms with Crippen LogP contribution in [0.15, 0.2) is 59.6 Å². The molecule has 7 heteroatoms. The van der Waals surface area contributed by atoms with E-state index in [1.165, 1.54) is 18.3 Å². The molecule has 0 spiro atoms. The summed E-state index contributed by atoms with van der Waals surface area (Å²) in [6.07, 6.45) is 3.10. The minimum Gasteiger partial charge on any atom is -0.506 e. The number of phenolic OH excluding ortho intramolecular Hbond substituents is 1. The number of fused-ring (bicyclic) bond motifs is 1. The lowest BCUT2D eigenvalue weighted by molar-refractivity contribution is 0.395. The van der Waals surface area contributed by atoms with Crippen LogP contribution in [0.5, 0.6) is 11.5 Å². The number of methoxy groups -OCH3 is 1. The summed E-state index contributed by atoms with van der Waals surface area (Å²) < 4.78 is 33.7. The van der Waals surface area contributed by atoms with Gasteiger partial charge in [-0.05, 0) is 54.8 Å². The van der Waals surface area contributed by atoms with E-state index in [2.05, 4.69) is 4.98 Å². The Morgan fingerprint density at radius 2 is 1.93 bits per heavy atom. The molecular weight excluding hydrogens is 364 g/mol. The number of phenols is 1. The van der Waals surface area contributed by atoms with Gasteiger partial charge in [0.1, 0.15) is 17.0 Å². The van der Waals surface area contributed by atoms with E-state index in [0.717, 1.165) is 24.2 Å².